The lowest BCUT2D eigenvalue weighted by molar-refractivity contribution is 0.141. The van der Waals surface area contributed by atoms with Crippen LogP contribution < -0.4 is 10.3 Å². The zero-order valence-corrected chi connectivity index (χ0v) is 14.8. The molecule has 3 heterocycles. The lowest BCUT2D eigenvalue weighted by atomic mass is 10.0. The summed E-state index contributed by atoms with van der Waals surface area (Å²) >= 11 is 0. The number of ether oxygens (including phenoxy) is 1. The fraction of sp³-hybridized carbons (Fsp3) is 0.316. The van der Waals surface area contributed by atoms with Crippen molar-refractivity contribution >= 4 is 12.2 Å². The third kappa shape index (κ3) is 3.73. The van der Waals surface area contributed by atoms with E-state index in [1.54, 1.807) is 23.2 Å². The number of hydrogen-bond acceptors (Lipinski definition) is 4. The first-order valence-electron chi connectivity index (χ1n) is 8.92. The summed E-state index contributed by atoms with van der Waals surface area (Å²) in [5, 5.41) is 5.35. The Labute approximate surface area is 159 Å². The van der Waals surface area contributed by atoms with Crippen molar-refractivity contribution in [3.05, 3.63) is 63.9 Å². The minimum absolute atomic E-state index is 0.264. The smallest absolute Gasteiger partial charge is 0.341 e. The fourth-order valence-corrected chi connectivity index (χ4v) is 3.46. The highest BCUT2D eigenvalue weighted by atomic mass is 19.1. The van der Waals surface area contributed by atoms with Crippen molar-refractivity contribution in [2.75, 3.05) is 13.1 Å². The number of pyridine rings is 1. The number of benzene rings is 1. The number of carbonyl (C=O) groups excluding carboxylic acids is 1. The number of H-pyrrole nitrogens is 1. The van der Waals surface area contributed by atoms with Gasteiger partial charge in [-0.15, -0.1) is 0 Å². The number of hydrazone groups is 1. The molecule has 0 radical (unpaired) electrons. The molecular weight excluding hydrogens is 370 g/mol. The number of nitrogens with zero attached hydrogens (tertiary/aromatic N) is 3. The monoisotopic (exact) mass is 388 g/mol. The predicted molar refractivity (Wildman–Crippen MR) is 97.1 cm³/mol. The Balaban J connectivity index is 1.44. The Bertz CT molecular complexity index is 957. The van der Waals surface area contributed by atoms with Gasteiger partial charge in [0.15, 0.2) is 5.88 Å². The standard InChI is InChI=1S/C19H18F2N4O3/c20-13-8-12(9-14(21)10-13)16-4-6-22-25(16)19(27)24-7-5-15(11-24)28-18-3-1-2-17(26)23-18/h1-3,6,8-10,15-16H,4-5,7,11H2,(H,23,26)/t15-,16+/m1/s1. The number of rotatable bonds is 3. The molecular formula is C19H18F2N4O3. The van der Waals surface area contributed by atoms with Crippen LogP contribution in [-0.2, 0) is 0 Å². The molecule has 2 aliphatic rings. The number of hydrogen-bond donors (Lipinski definition) is 1. The fourth-order valence-electron chi connectivity index (χ4n) is 3.46. The molecule has 0 unspecified atom stereocenters. The van der Waals surface area contributed by atoms with Crippen molar-refractivity contribution < 1.29 is 18.3 Å². The molecule has 1 N–H and O–H groups in total. The number of nitrogens with one attached hydrogen (secondary N) is 1. The molecule has 2 aliphatic heterocycles. The molecule has 1 saturated heterocycles. The van der Waals surface area contributed by atoms with Gasteiger partial charge >= 0.3 is 6.03 Å². The molecule has 1 fully saturated rings. The molecule has 2 atom stereocenters. The first-order valence-corrected chi connectivity index (χ1v) is 8.92. The van der Waals surface area contributed by atoms with Crippen molar-refractivity contribution in [2.24, 2.45) is 5.10 Å². The SMILES string of the molecule is O=C(N1CC[C@@H](Oc2cccc(=O)[nH]2)C1)N1N=CC[C@H]1c1cc(F)cc(F)c1. The maximum atomic E-state index is 13.6. The van der Waals surface area contributed by atoms with Crippen molar-refractivity contribution in [3.8, 4) is 5.88 Å². The number of halogens is 2. The van der Waals surface area contributed by atoms with Crippen LogP contribution in [0.15, 0.2) is 46.3 Å². The van der Waals surface area contributed by atoms with Gasteiger partial charge < -0.3 is 9.64 Å². The van der Waals surface area contributed by atoms with E-state index in [0.717, 1.165) is 6.07 Å². The van der Waals surface area contributed by atoms with Gasteiger partial charge in [-0.2, -0.15) is 5.10 Å². The lowest BCUT2D eigenvalue weighted by Gasteiger charge is -2.27. The van der Waals surface area contributed by atoms with Crippen LogP contribution in [0.3, 0.4) is 0 Å². The van der Waals surface area contributed by atoms with Crippen LogP contribution in [-0.4, -0.2) is 46.3 Å². The number of carbonyl (C=O) groups is 1. The van der Waals surface area contributed by atoms with E-state index in [0.29, 0.717) is 37.4 Å². The zero-order chi connectivity index (χ0) is 19.7. The Morgan fingerprint density at radius 3 is 2.75 bits per heavy atom. The van der Waals surface area contributed by atoms with E-state index < -0.39 is 17.7 Å². The number of likely N-dealkylation sites (tertiary alicyclic amines) is 1. The summed E-state index contributed by atoms with van der Waals surface area (Å²) < 4.78 is 32.9. The Morgan fingerprint density at radius 1 is 1.21 bits per heavy atom. The maximum absolute atomic E-state index is 13.6. The number of aromatic amines is 1. The molecule has 1 aromatic heterocycles. The van der Waals surface area contributed by atoms with Crippen LogP contribution in [0, 0.1) is 11.6 Å². The van der Waals surface area contributed by atoms with E-state index >= 15 is 0 Å². The van der Waals surface area contributed by atoms with Gasteiger partial charge in [-0.3, -0.25) is 9.78 Å². The molecule has 9 heteroatoms. The van der Waals surface area contributed by atoms with Crippen molar-refractivity contribution in [2.45, 2.75) is 25.0 Å². The average molecular weight is 388 g/mol. The first kappa shape index (κ1) is 18.1. The van der Waals surface area contributed by atoms with Gasteiger partial charge in [0, 0.05) is 37.7 Å². The van der Waals surface area contributed by atoms with Gasteiger partial charge in [-0.05, 0) is 23.8 Å². The Kier molecular flexibility index (Phi) is 4.81. The second-order valence-corrected chi connectivity index (χ2v) is 6.73. The summed E-state index contributed by atoms with van der Waals surface area (Å²) in [6.45, 7) is 0.781. The molecule has 2 amide bonds. The predicted octanol–water partition coefficient (Wildman–Crippen LogP) is 2.66. The van der Waals surface area contributed by atoms with E-state index in [-0.39, 0.29) is 17.7 Å². The molecule has 28 heavy (non-hydrogen) atoms. The van der Waals surface area contributed by atoms with Gasteiger partial charge in [0.1, 0.15) is 17.7 Å². The number of urea groups is 1. The highest BCUT2D eigenvalue weighted by Gasteiger charge is 2.36. The Hall–Kier alpha value is -3.23. The van der Waals surface area contributed by atoms with Crippen LogP contribution >= 0.6 is 0 Å². The third-order valence-corrected chi connectivity index (χ3v) is 4.75. The number of amides is 2. The van der Waals surface area contributed by atoms with Crippen LogP contribution in [0.2, 0.25) is 0 Å². The molecule has 2 aromatic rings. The third-order valence-electron chi connectivity index (χ3n) is 4.75. The van der Waals surface area contributed by atoms with Gasteiger partial charge in [-0.25, -0.2) is 18.6 Å². The molecule has 0 spiro atoms. The average Bonchev–Trinajstić information content (AvgIpc) is 3.30. The van der Waals surface area contributed by atoms with Gasteiger partial charge in [0.05, 0.1) is 12.6 Å². The first-order chi connectivity index (χ1) is 13.5. The van der Waals surface area contributed by atoms with Crippen LogP contribution in [0.25, 0.3) is 0 Å². The summed E-state index contributed by atoms with van der Waals surface area (Å²) in [5.41, 5.74) is 0.0946. The molecule has 4 rings (SSSR count). The van der Waals surface area contributed by atoms with Gasteiger partial charge in [-0.1, -0.05) is 6.07 Å². The van der Waals surface area contributed by atoms with E-state index in [9.17, 15) is 18.4 Å². The molecule has 1 aromatic carbocycles. The zero-order valence-electron chi connectivity index (χ0n) is 14.8. The van der Waals surface area contributed by atoms with Gasteiger partial charge in [0.25, 0.3) is 5.56 Å². The largest absolute Gasteiger partial charge is 0.474 e. The van der Waals surface area contributed by atoms with E-state index in [2.05, 4.69) is 10.1 Å². The normalized spacial score (nSPS) is 21.4. The van der Waals surface area contributed by atoms with Crippen LogP contribution in [0.5, 0.6) is 5.88 Å². The van der Waals surface area contributed by atoms with Gasteiger partial charge in [0.2, 0.25) is 0 Å². The minimum atomic E-state index is -0.694. The Morgan fingerprint density at radius 2 is 2.00 bits per heavy atom. The van der Waals surface area contributed by atoms with Crippen LogP contribution in [0.4, 0.5) is 13.6 Å². The summed E-state index contributed by atoms with van der Waals surface area (Å²) in [6.07, 6.45) is 2.27. The second kappa shape index (κ2) is 7.41. The quantitative estimate of drug-likeness (QED) is 0.878. The van der Waals surface area contributed by atoms with Crippen molar-refractivity contribution in [1.82, 2.24) is 14.9 Å². The molecule has 0 aliphatic carbocycles. The molecule has 0 saturated carbocycles. The highest BCUT2D eigenvalue weighted by Crippen LogP contribution is 2.31. The van der Waals surface area contributed by atoms with Crippen LogP contribution in [0.1, 0.15) is 24.4 Å². The molecule has 7 nitrogen and oxygen atoms in total. The lowest BCUT2D eigenvalue weighted by Crippen LogP contribution is -2.40. The summed E-state index contributed by atoms with van der Waals surface area (Å²) in [5.74, 6) is -1.04. The minimum Gasteiger partial charge on any atom is -0.474 e. The molecule has 0 bridgehead atoms. The van der Waals surface area contributed by atoms with E-state index in [1.165, 1.54) is 23.2 Å². The summed E-state index contributed by atoms with van der Waals surface area (Å²) in [7, 11) is 0. The van der Waals surface area contributed by atoms with Crippen molar-refractivity contribution in [3.63, 3.8) is 0 Å². The summed E-state index contributed by atoms with van der Waals surface area (Å²) in [6, 6.07) is 6.94. The second-order valence-electron chi connectivity index (χ2n) is 6.73. The number of aromatic nitrogens is 1. The topological polar surface area (TPSA) is 78.0 Å². The molecule has 146 valence electrons. The van der Waals surface area contributed by atoms with E-state index in [4.69, 9.17) is 4.74 Å². The maximum Gasteiger partial charge on any atom is 0.341 e. The highest BCUT2D eigenvalue weighted by molar-refractivity contribution is 5.78. The summed E-state index contributed by atoms with van der Waals surface area (Å²) in [4.78, 5) is 28.4. The van der Waals surface area contributed by atoms with E-state index in [1.807, 2.05) is 0 Å². The van der Waals surface area contributed by atoms with Crippen molar-refractivity contribution in [1.29, 1.82) is 0 Å².